The molecule has 0 heterocycles. The van der Waals surface area contributed by atoms with Gasteiger partial charge < -0.3 is 9.84 Å². The summed E-state index contributed by atoms with van der Waals surface area (Å²) in [4.78, 5) is 9.61. The van der Waals surface area contributed by atoms with Crippen molar-refractivity contribution in [1.29, 1.82) is 0 Å². The Balaban J connectivity index is 3.05. The Bertz CT molecular complexity index is 82.6. The molecule has 3 nitrogen and oxygen atoms in total. The maximum Gasteiger partial charge on any atom is 0.505 e. The summed E-state index contributed by atoms with van der Waals surface area (Å²) in [6.45, 7) is 0.0154. The lowest BCUT2D eigenvalue weighted by atomic mass is 10.8. The number of carbonyl (C=O) groups is 1. The molecule has 0 aliphatic heterocycles. The van der Waals surface area contributed by atoms with Gasteiger partial charge in [-0.3, -0.25) is 0 Å². The molecule has 0 bridgehead atoms. The zero-order valence-electron chi connectivity index (χ0n) is 3.94. The van der Waals surface area contributed by atoms with Crippen molar-refractivity contribution in [3.63, 3.8) is 0 Å². The molecular weight excluding hydrogens is 148 g/mol. The highest BCUT2D eigenvalue weighted by atomic mass is 32.2. The molecule has 0 aromatic rings. The van der Waals surface area contributed by atoms with Crippen LogP contribution in [0.5, 0.6) is 0 Å². The number of hydrogen-bond donors (Lipinski definition) is 3. The summed E-state index contributed by atoms with van der Waals surface area (Å²) < 4.78 is 3.74. The van der Waals surface area contributed by atoms with Crippen molar-refractivity contribution in [3.8, 4) is 0 Å². The summed E-state index contributed by atoms with van der Waals surface area (Å²) in [6, 6.07) is 0. The van der Waals surface area contributed by atoms with Gasteiger partial charge >= 0.3 is 6.16 Å². The van der Waals surface area contributed by atoms with Crippen molar-refractivity contribution >= 4 is 31.4 Å². The van der Waals surface area contributed by atoms with Gasteiger partial charge in [0.2, 0.25) is 0 Å². The molecule has 5 heteroatoms. The van der Waals surface area contributed by atoms with Crippen molar-refractivity contribution in [2.75, 3.05) is 6.61 Å². The van der Waals surface area contributed by atoms with E-state index < -0.39 is 6.16 Å². The van der Waals surface area contributed by atoms with Crippen LogP contribution in [-0.4, -0.2) is 22.5 Å². The van der Waals surface area contributed by atoms with Gasteiger partial charge in [0.25, 0.3) is 0 Å². The monoisotopic (exact) mass is 154 g/mol. The fourth-order valence-corrected chi connectivity index (χ4v) is 0.295. The van der Waals surface area contributed by atoms with Crippen molar-refractivity contribution < 1.29 is 14.6 Å². The molecule has 0 radical (unpaired) electrons. The topological polar surface area (TPSA) is 46.5 Å². The van der Waals surface area contributed by atoms with Crippen LogP contribution in [-0.2, 0) is 4.74 Å². The largest absolute Gasteiger partial charge is 0.505 e. The Morgan fingerprint density at radius 3 is 2.38 bits per heavy atom. The SMILES string of the molecule is O=C(O)OCC(S)S. The Labute approximate surface area is 57.8 Å². The maximum absolute atomic E-state index is 9.61. The molecule has 1 N–H and O–H groups in total. The van der Waals surface area contributed by atoms with Crippen molar-refractivity contribution in [3.05, 3.63) is 0 Å². The van der Waals surface area contributed by atoms with Gasteiger partial charge in [0.05, 0.1) is 4.58 Å². The molecular formula is C3H6O3S2. The van der Waals surface area contributed by atoms with E-state index in [4.69, 9.17) is 5.11 Å². The minimum atomic E-state index is -1.29. The summed E-state index contributed by atoms with van der Waals surface area (Å²) >= 11 is 7.50. The first-order valence-electron chi connectivity index (χ1n) is 1.85. The van der Waals surface area contributed by atoms with Crippen LogP contribution >= 0.6 is 25.3 Å². The highest BCUT2D eigenvalue weighted by Crippen LogP contribution is 1.98. The fourth-order valence-electron chi connectivity index (χ4n) is 0.146. The van der Waals surface area contributed by atoms with E-state index in [1.807, 2.05) is 0 Å². The predicted octanol–water partition coefficient (Wildman–Crippen LogP) is 0.867. The van der Waals surface area contributed by atoms with Crippen LogP contribution in [0.15, 0.2) is 0 Å². The van der Waals surface area contributed by atoms with Crippen molar-refractivity contribution in [2.45, 2.75) is 4.58 Å². The first-order valence-corrected chi connectivity index (χ1v) is 2.88. The molecule has 0 aliphatic carbocycles. The Hall–Kier alpha value is -0.0300. The lowest BCUT2D eigenvalue weighted by molar-refractivity contribution is 0.0962. The minimum Gasteiger partial charge on any atom is -0.450 e. The maximum atomic E-state index is 9.61. The predicted molar refractivity (Wildman–Crippen MR) is 35.7 cm³/mol. The lowest BCUT2D eigenvalue weighted by Gasteiger charge is -1.99. The highest BCUT2D eigenvalue weighted by molar-refractivity contribution is 7.99. The van der Waals surface area contributed by atoms with Gasteiger partial charge in [0, 0.05) is 0 Å². The number of carboxylic acid groups (broad SMARTS) is 1. The molecule has 0 rings (SSSR count). The van der Waals surface area contributed by atoms with Crippen LogP contribution in [0.1, 0.15) is 0 Å². The minimum absolute atomic E-state index is 0.0154. The van der Waals surface area contributed by atoms with E-state index >= 15 is 0 Å². The molecule has 8 heavy (non-hydrogen) atoms. The molecule has 0 aliphatic rings. The van der Waals surface area contributed by atoms with E-state index in [1.54, 1.807) is 0 Å². The van der Waals surface area contributed by atoms with Gasteiger partial charge in [-0.05, 0) is 0 Å². The highest BCUT2D eigenvalue weighted by Gasteiger charge is 1.98. The Kier molecular flexibility index (Phi) is 3.90. The van der Waals surface area contributed by atoms with Crippen LogP contribution < -0.4 is 0 Å². The Morgan fingerprint density at radius 1 is 1.75 bits per heavy atom. The van der Waals surface area contributed by atoms with Crippen LogP contribution in [0.4, 0.5) is 4.79 Å². The van der Waals surface area contributed by atoms with Gasteiger partial charge in [-0.15, -0.1) is 0 Å². The first kappa shape index (κ1) is 7.97. The zero-order chi connectivity index (χ0) is 6.57. The number of hydrogen-bond acceptors (Lipinski definition) is 4. The van der Waals surface area contributed by atoms with E-state index in [1.165, 1.54) is 0 Å². The standard InChI is InChI=1S/C3H6O3S2/c4-3(5)6-1-2(7)8/h2,7-8H,1H2,(H,4,5). The van der Waals surface area contributed by atoms with Crippen LogP contribution in [0.25, 0.3) is 0 Å². The van der Waals surface area contributed by atoms with Gasteiger partial charge in [-0.1, -0.05) is 0 Å². The normalized spacial score (nSPS) is 9.38. The zero-order valence-corrected chi connectivity index (χ0v) is 5.73. The summed E-state index contributed by atoms with van der Waals surface area (Å²) in [7, 11) is 0. The quantitative estimate of drug-likeness (QED) is 0.314. The summed E-state index contributed by atoms with van der Waals surface area (Å²) in [5, 5.41) is 7.87. The molecule has 0 saturated heterocycles. The van der Waals surface area contributed by atoms with Gasteiger partial charge in [-0.25, -0.2) is 4.79 Å². The molecule has 0 aromatic carbocycles. The van der Waals surface area contributed by atoms with Gasteiger partial charge in [0.1, 0.15) is 6.61 Å². The van der Waals surface area contributed by atoms with E-state index in [0.29, 0.717) is 0 Å². The van der Waals surface area contributed by atoms with Crippen molar-refractivity contribution in [1.82, 2.24) is 0 Å². The average molecular weight is 154 g/mol. The summed E-state index contributed by atoms with van der Waals surface area (Å²) in [5.74, 6) is 0. The molecule has 0 atom stereocenters. The summed E-state index contributed by atoms with van der Waals surface area (Å²) in [6.07, 6.45) is -1.29. The second-order valence-corrected chi connectivity index (χ2v) is 2.71. The van der Waals surface area contributed by atoms with E-state index in [9.17, 15) is 4.79 Å². The molecule has 0 saturated carbocycles. The van der Waals surface area contributed by atoms with E-state index in [-0.39, 0.29) is 11.2 Å². The third kappa shape index (κ3) is 5.97. The van der Waals surface area contributed by atoms with Crippen LogP contribution in [0.2, 0.25) is 0 Å². The summed E-state index contributed by atoms with van der Waals surface area (Å²) in [5.41, 5.74) is 0. The lowest BCUT2D eigenvalue weighted by Crippen LogP contribution is -2.07. The number of ether oxygens (including phenoxy) is 1. The van der Waals surface area contributed by atoms with Crippen LogP contribution in [0, 0.1) is 0 Å². The number of rotatable bonds is 2. The third-order valence-electron chi connectivity index (χ3n) is 0.356. The van der Waals surface area contributed by atoms with Crippen LogP contribution in [0.3, 0.4) is 0 Å². The van der Waals surface area contributed by atoms with Crippen molar-refractivity contribution in [2.24, 2.45) is 0 Å². The molecule has 0 unspecified atom stereocenters. The molecule has 0 aromatic heterocycles. The second-order valence-electron chi connectivity index (χ2n) is 1.06. The van der Waals surface area contributed by atoms with Gasteiger partial charge in [-0.2, -0.15) is 25.3 Å². The second kappa shape index (κ2) is 3.91. The third-order valence-corrected chi connectivity index (χ3v) is 0.654. The smallest absolute Gasteiger partial charge is 0.450 e. The molecule has 48 valence electrons. The number of thiol groups is 2. The average Bonchev–Trinajstić information content (AvgIpc) is 1.61. The van der Waals surface area contributed by atoms with E-state index in [2.05, 4.69) is 30.0 Å². The molecule has 0 spiro atoms. The molecule has 0 fully saturated rings. The molecule has 0 amide bonds. The Morgan fingerprint density at radius 2 is 2.25 bits per heavy atom. The van der Waals surface area contributed by atoms with E-state index in [0.717, 1.165) is 0 Å². The fraction of sp³-hybridized carbons (Fsp3) is 0.667. The van der Waals surface area contributed by atoms with Gasteiger partial charge in [0.15, 0.2) is 0 Å². The first-order chi connectivity index (χ1) is 3.63.